The van der Waals surface area contributed by atoms with Crippen LogP contribution in [0.4, 0.5) is 0 Å². The van der Waals surface area contributed by atoms with Crippen LogP contribution < -0.4 is 10.5 Å². The molecule has 0 aliphatic carbocycles. The average molecular weight is 218 g/mol. The van der Waals surface area contributed by atoms with Crippen LogP contribution in [0.15, 0.2) is 24.3 Å². The van der Waals surface area contributed by atoms with E-state index >= 15 is 0 Å². The first-order valence-corrected chi connectivity index (χ1v) is 5.63. The lowest BCUT2D eigenvalue weighted by Gasteiger charge is -2.10. The molecule has 2 N–H and O–H groups in total. The molecule has 1 aromatic rings. The Morgan fingerprint density at radius 1 is 1.38 bits per heavy atom. The zero-order valence-corrected chi connectivity index (χ0v) is 9.65. The van der Waals surface area contributed by atoms with Gasteiger partial charge in [-0.05, 0) is 30.5 Å². The SMILES string of the molecule is CC[C@@H](N)c1ccc(OCCCC#N)cc1. The van der Waals surface area contributed by atoms with Gasteiger partial charge in [0.15, 0.2) is 0 Å². The van der Waals surface area contributed by atoms with Crippen LogP contribution in [0.1, 0.15) is 37.8 Å². The monoisotopic (exact) mass is 218 g/mol. The molecule has 0 spiro atoms. The fraction of sp³-hybridized carbons (Fsp3) is 0.462. The zero-order valence-electron chi connectivity index (χ0n) is 9.65. The third-order valence-electron chi connectivity index (χ3n) is 2.45. The standard InChI is InChI=1S/C13H18N2O/c1-2-13(15)11-5-7-12(8-6-11)16-10-4-3-9-14/h5-8,13H,2-4,10,15H2,1H3/t13-/m1/s1. The molecule has 0 aliphatic heterocycles. The van der Waals surface area contributed by atoms with Gasteiger partial charge in [0.25, 0.3) is 0 Å². The molecule has 0 radical (unpaired) electrons. The predicted molar refractivity (Wildman–Crippen MR) is 64.0 cm³/mol. The minimum Gasteiger partial charge on any atom is -0.494 e. The van der Waals surface area contributed by atoms with Gasteiger partial charge in [-0.3, -0.25) is 0 Å². The van der Waals surface area contributed by atoms with E-state index in [2.05, 4.69) is 13.0 Å². The first-order valence-electron chi connectivity index (χ1n) is 5.63. The molecule has 0 saturated heterocycles. The largest absolute Gasteiger partial charge is 0.494 e. The summed E-state index contributed by atoms with van der Waals surface area (Å²) in [5.74, 6) is 0.838. The van der Waals surface area contributed by atoms with Gasteiger partial charge in [0, 0.05) is 12.5 Å². The van der Waals surface area contributed by atoms with Crippen molar-refractivity contribution in [1.29, 1.82) is 5.26 Å². The van der Waals surface area contributed by atoms with Crippen molar-refractivity contribution in [3.8, 4) is 11.8 Å². The molecule has 1 rings (SSSR count). The molecule has 0 saturated carbocycles. The van der Waals surface area contributed by atoms with Crippen LogP contribution in [0.5, 0.6) is 5.75 Å². The van der Waals surface area contributed by atoms with E-state index < -0.39 is 0 Å². The van der Waals surface area contributed by atoms with Crippen LogP contribution in [0.3, 0.4) is 0 Å². The second kappa shape index (κ2) is 6.86. The van der Waals surface area contributed by atoms with Gasteiger partial charge in [-0.15, -0.1) is 0 Å². The molecule has 3 heteroatoms. The number of hydrogen-bond donors (Lipinski definition) is 1. The fourth-order valence-electron chi connectivity index (χ4n) is 1.39. The van der Waals surface area contributed by atoms with Crippen molar-refractivity contribution in [1.82, 2.24) is 0 Å². The van der Waals surface area contributed by atoms with E-state index in [4.69, 9.17) is 15.7 Å². The van der Waals surface area contributed by atoms with E-state index in [1.165, 1.54) is 0 Å². The number of nitrogens with zero attached hydrogens (tertiary/aromatic N) is 1. The normalized spacial score (nSPS) is 11.8. The summed E-state index contributed by atoms with van der Waals surface area (Å²) in [6, 6.07) is 10.0. The van der Waals surface area contributed by atoms with Crippen molar-refractivity contribution in [2.24, 2.45) is 5.73 Å². The van der Waals surface area contributed by atoms with Crippen molar-refractivity contribution in [3.63, 3.8) is 0 Å². The van der Waals surface area contributed by atoms with E-state index in [9.17, 15) is 0 Å². The number of benzene rings is 1. The topological polar surface area (TPSA) is 59.0 Å². The number of ether oxygens (including phenoxy) is 1. The Labute approximate surface area is 96.8 Å². The van der Waals surface area contributed by atoms with Crippen LogP contribution in [0.25, 0.3) is 0 Å². The molecular formula is C13H18N2O. The summed E-state index contributed by atoms with van der Waals surface area (Å²) in [5, 5.41) is 8.37. The molecule has 0 heterocycles. The molecule has 3 nitrogen and oxygen atoms in total. The third kappa shape index (κ3) is 3.92. The van der Waals surface area contributed by atoms with Gasteiger partial charge < -0.3 is 10.5 Å². The molecule has 0 unspecified atom stereocenters. The van der Waals surface area contributed by atoms with Gasteiger partial charge in [-0.2, -0.15) is 5.26 Å². The molecule has 0 aliphatic rings. The molecule has 1 aromatic carbocycles. The van der Waals surface area contributed by atoms with Crippen molar-refractivity contribution in [3.05, 3.63) is 29.8 Å². The number of rotatable bonds is 6. The molecule has 0 amide bonds. The van der Waals surface area contributed by atoms with Gasteiger partial charge in [-0.25, -0.2) is 0 Å². The Morgan fingerprint density at radius 2 is 2.06 bits per heavy atom. The minimum absolute atomic E-state index is 0.104. The van der Waals surface area contributed by atoms with Gasteiger partial charge in [-0.1, -0.05) is 19.1 Å². The molecule has 16 heavy (non-hydrogen) atoms. The number of nitrogens with two attached hydrogens (primary N) is 1. The minimum atomic E-state index is 0.104. The lowest BCUT2D eigenvalue weighted by atomic mass is 10.1. The van der Waals surface area contributed by atoms with Gasteiger partial charge in [0.1, 0.15) is 5.75 Å². The van der Waals surface area contributed by atoms with Crippen LogP contribution in [0.2, 0.25) is 0 Å². The quantitative estimate of drug-likeness (QED) is 0.747. The van der Waals surface area contributed by atoms with Crippen LogP contribution in [0, 0.1) is 11.3 Å². The van der Waals surface area contributed by atoms with E-state index in [1.54, 1.807) is 0 Å². The zero-order chi connectivity index (χ0) is 11.8. The average Bonchev–Trinajstić information content (AvgIpc) is 2.34. The highest BCUT2D eigenvalue weighted by Crippen LogP contribution is 2.18. The number of unbranched alkanes of at least 4 members (excludes halogenated alkanes) is 1. The summed E-state index contributed by atoms with van der Waals surface area (Å²) in [6.45, 7) is 2.66. The van der Waals surface area contributed by atoms with Gasteiger partial charge in [0.2, 0.25) is 0 Å². The summed E-state index contributed by atoms with van der Waals surface area (Å²) in [5.41, 5.74) is 7.04. The predicted octanol–water partition coefficient (Wildman–Crippen LogP) is 2.78. The Kier molecular flexibility index (Phi) is 5.38. The summed E-state index contributed by atoms with van der Waals surface area (Å²) in [6.07, 6.45) is 2.24. The highest BCUT2D eigenvalue weighted by molar-refractivity contribution is 5.28. The maximum Gasteiger partial charge on any atom is 0.119 e. The Balaban J connectivity index is 2.43. The molecular weight excluding hydrogens is 200 g/mol. The number of nitriles is 1. The fourth-order valence-corrected chi connectivity index (χ4v) is 1.39. The maximum atomic E-state index is 8.37. The second-order valence-electron chi connectivity index (χ2n) is 3.69. The Morgan fingerprint density at radius 3 is 2.62 bits per heavy atom. The highest BCUT2D eigenvalue weighted by Gasteiger charge is 2.02. The summed E-state index contributed by atoms with van der Waals surface area (Å²) in [4.78, 5) is 0. The molecule has 0 fully saturated rings. The first-order chi connectivity index (χ1) is 7.77. The van der Waals surface area contributed by atoms with Crippen LogP contribution in [-0.4, -0.2) is 6.61 Å². The molecule has 0 bridgehead atoms. The van der Waals surface area contributed by atoms with Gasteiger partial charge in [0.05, 0.1) is 12.7 Å². The van der Waals surface area contributed by atoms with Crippen molar-refractivity contribution >= 4 is 0 Å². The first kappa shape index (κ1) is 12.5. The van der Waals surface area contributed by atoms with Crippen molar-refractivity contribution in [2.45, 2.75) is 32.2 Å². The van der Waals surface area contributed by atoms with E-state index in [0.717, 1.165) is 24.2 Å². The van der Waals surface area contributed by atoms with Crippen LogP contribution in [-0.2, 0) is 0 Å². The Hall–Kier alpha value is -1.53. The van der Waals surface area contributed by atoms with Gasteiger partial charge >= 0.3 is 0 Å². The van der Waals surface area contributed by atoms with E-state index in [-0.39, 0.29) is 6.04 Å². The lowest BCUT2D eigenvalue weighted by Crippen LogP contribution is -2.08. The highest BCUT2D eigenvalue weighted by atomic mass is 16.5. The summed E-state index contributed by atoms with van der Waals surface area (Å²) < 4.78 is 5.48. The van der Waals surface area contributed by atoms with E-state index in [0.29, 0.717) is 13.0 Å². The third-order valence-corrected chi connectivity index (χ3v) is 2.45. The van der Waals surface area contributed by atoms with Crippen molar-refractivity contribution < 1.29 is 4.74 Å². The second-order valence-corrected chi connectivity index (χ2v) is 3.69. The molecule has 86 valence electrons. The molecule has 1 atom stereocenters. The van der Waals surface area contributed by atoms with E-state index in [1.807, 2.05) is 24.3 Å². The van der Waals surface area contributed by atoms with Crippen LogP contribution >= 0.6 is 0 Å². The smallest absolute Gasteiger partial charge is 0.119 e. The summed E-state index contributed by atoms with van der Waals surface area (Å²) in [7, 11) is 0. The molecule has 0 aromatic heterocycles. The van der Waals surface area contributed by atoms with Crippen molar-refractivity contribution in [2.75, 3.05) is 6.61 Å². The summed E-state index contributed by atoms with van der Waals surface area (Å²) >= 11 is 0. The lowest BCUT2D eigenvalue weighted by molar-refractivity contribution is 0.312. The maximum absolute atomic E-state index is 8.37. The number of hydrogen-bond acceptors (Lipinski definition) is 3. The Bertz CT molecular complexity index is 340.